The van der Waals surface area contributed by atoms with E-state index in [1.54, 1.807) is 0 Å². The smallest absolute Gasteiger partial charge is 0.0622 e. The molecule has 0 radical (unpaired) electrons. The van der Waals surface area contributed by atoms with Crippen molar-refractivity contribution in [1.82, 2.24) is 0 Å². The number of nitrogens with zero attached hydrogens (tertiary/aromatic N) is 2. The summed E-state index contributed by atoms with van der Waals surface area (Å²) in [6.45, 7) is 4.85. The van der Waals surface area contributed by atoms with Gasteiger partial charge in [-0.25, -0.2) is 0 Å². The lowest BCUT2D eigenvalue weighted by atomic mass is 10.1. The monoisotopic (exact) mass is 273 g/mol. The van der Waals surface area contributed by atoms with E-state index in [1.807, 2.05) is 7.05 Å². The van der Waals surface area contributed by atoms with Gasteiger partial charge >= 0.3 is 0 Å². The van der Waals surface area contributed by atoms with E-state index in [0.717, 1.165) is 0 Å². The van der Waals surface area contributed by atoms with Crippen LogP contribution < -0.4 is 15.1 Å². The van der Waals surface area contributed by atoms with E-state index >= 15 is 0 Å². The second-order valence-electron chi connectivity index (χ2n) is 6.05. The normalized spacial score (nSPS) is 20.1. The first kappa shape index (κ1) is 13.6. The van der Waals surface area contributed by atoms with Gasteiger partial charge in [0, 0.05) is 38.9 Å². The summed E-state index contributed by atoms with van der Waals surface area (Å²) in [5, 5.41) is 3.36. The predicted octanol–water partition coefficient (Wildman–Crippen LogP) is 3.71. The van der Waals surface area contributed by atoms with Crippen molar-refractivity contribution < 1.29 is 0 Å². The first-order valence-corrected chi connectivity index (χ1v) is 8.20. The Labute approximate surface area is 123 Å². The molecule has 0 bridgehead atoms. The first-order chi connectivity index (χ1) is 9.88. The molecule has 0 saturated carbocycles. The van der Waals surface area contributed by atoms with Crippen LogP contribution in [0.3, 0.4) is 0 Å². The van der Waals surface area contributed by atoms with Crippen molar-refractivity contribution in [3.05, 3.63) is 18.2 Å². The summed E-state index contributed by atoms with van der Waals surface area (Å²) in [7, 11) is 2.03. The van der Waals surface area contributed by atoms with Crippen LogP contribution in [0.15, 0.2) is 18.2 Å². The van der Waals surface area contributed by atoms with Gasteiger partial charge < -0.3 is 15.1 Å². The molecule has 1 aromatic rings. The summed E-state index contributed by atoms with van der Waals surface area (Å²) in [4.78, 5) is 5.11. The molecule has 3 nitrogen and oxygen atoms in total. The lowest BCUT2D eigenvalue weighted by molar-refractivity contribution is 0.573. The Bertz CT molecular complexity index is 432. The molecule has 2 aliphatic rings. The van der Waals surface area contributed by atoms with Gasteiger partial charge in [0.05, 0.1) is 11.4 Å². The van der Waals surface area contributed by atoms with E-state index in [1.165, 1.54) is 81.8 Å². The highest BCUT2D eigenvalue weighted by Crippen LogP contribution is 2.33. The van der Waals surface area contributed by atoms with Gasteiger partial charge in [-0.05, 0) is 56.7 Å². The molecule has 110 valence electrons. The molecule has 0 unspecified atom stereocenters. The van der Waals surface area contributed by atoms with Gasteiger partial charge in [0.1, 0.15) is 0 Å². The van der Waals surface area contributed by atoms with Gasteiger partial charge in [0.2, 0.25) is 0 Å². The van der Waals surface area contributed by atoms with Crippen LogP contribution in [-0.4, -0.2) is 33.2 Å². The van der Waals surface area contributed by atoms with Crippen LogP contribution in [0.2, 0.25) is 0 Å². The van der Waals surface area contributed by atoms with E-state index in [-0.39, 0.29) is 0 Å². The van der Waals surface area contributed by atoms with Crippen LogP contribution in [0, 0.1) is 0 Å². The zero-order chi connectivity index (χ0) is 13.8. The van der Waals surface area contributed by atoms with Crippen molar-refractivity contribution in [2.24, 2.45) is 0 Å². The molecule has 2 heterocycles. The lowest BCUT2D eigenvalue weighted by Crippen LogP contribution is -2.32. The molecule has 2 saturated heterocycles. The van der Waals surface area contributed by atoms with Crippen LogP contribution in [0.4, 0.5) is 17.1 Å². The Kier molecular flexibility index (Phi) is 4.34. The summed E-state index contributed by atoms with van der Waals surface area (Å²) >= 11 is 0. The number of benzene rings is 1. The molecule has 0 amide bonds. The maximum Gasteiger partial charge on any atom is 0.0622 e. The highest BCUT2D eigenvalue weighted by Gasteiger charge is 2.17. The Morgan fingerprint density at radius 2 is 1.40 bits per heavy atom. The summed E-state index contributed by atoms with van der Waals surface area (Å²) in [6.07, 6.45) is 8.12. The summed E-state index contributed by atoms with van der Waals surface area (Å²) in [5.74, 6) is 0. The van der Waals surface area contributed by atoms with E-state index in [2.05, 4.69) is 33.3 Å². The van der Waals surface area contributed by atoms with Crippen molar-refractivity contribution in [2.75, 3.05) is 48.3 Å². The Hall–Kier alpha value is -1.38. The molecule has 2 fully saturated rings. The molecule has 1 aromatic carbocycles. The number of rotatable bonds is 3. The Morgan fingerprint density at radius 3 is 2.00 bits per heavy atom. The van der Waals surface area contributed by atoms with E-state index in [4.69, 9.17) is 0 Å². The zero-order valence-electron chi connectivity index (χ0n) is 12.7. The summed E-state index contributed by atoms with van der Waals surface area (Å²) in [6, 6.07) is 6.95. The zero-order valence-corrected chi connectivity index (χ0v) is 12.7. The molecule has 1 N–H and O–H groups in total. The number of piperidine rings is 2. The van der Waals surface area contributed by atoms with Gasteiger partial charge in [-0.15, -0.1) is 0 Å². The number of hydrogen-bond acceptors (Lipinski definition) is 3. The quantitative estimate of drug-likeness (QED) is 0.905. The van der Waals surface area contributed by atoms with Gasteiger partial charge in [0.25, 0.3) is 0 Å². The topological polar surface area (TPSA) is 18.5 Å². The maximum absolute atomic E-state index is 3.36. The minimum atomic E-state index is 1.21. The third kappa shape index (κ3) is 2.87. The highest BCUT2D eigenvalue weighted by atomic mass is 15.2. The minimum Gasteiger partial charge on any atom is -0.386 e. The Balaban J connectivity index is 1.85. The van der Waals surface area contributed by atoms with E-state index in [9.17, 15) is 0 Å². The van der Waals surface area contributed by atoms with Crippen LogP contribution >= 0.6 is 0 Å². The molecule has 0 aromatic heterocycles. The molecule has 3 rings (SSSR count). The van der Waals surface area contributed by atoms with Gasteiger partial charge in [-0.2, -0.15) is 0 Å². The molecule has 20 heavy (non-hydrogen) atoms. The van der Waals surface area contributed by atoms with Crippen molar-refractivity contribution in [2.45, 2.75) is 38.5 Å². The Morgan fingerprint density at radius 1 is 0.800 bits per heavy atom. The standard InChI is InChI=1S/C17H27N3/c1-18-16-9-8-15(19-10-4-2-5-11-19)14-17(16)20-12-6-3-7-13-20/h8-9,14,18H,2-7,10-13H2,1H3. The number of hydrogen-bond donors (Lipinski definition) is 1. The van der Waals surface area contributed by atoms with Gasteiger partial charge in [-0.1, -0.05) is 0 Å². The minimum absolute atomic E-state index is 1.21. The molecular formula is C17H27N3. The second kappa shape index (κ2) is 6.38. The van der Waals surface area contributed by atoms with Crippen LogP contribution in [0.1, 0.15) is 38.5 Å². The van der Waals surface area contributed by atoms with Crippen molar-refractivity contribution in [3.8, 4) is 0 Å². The maximum atomic E-state index is 3.36. The fourth-order valence-electron chi connectivity index (χ4n) is 3.48. The van der Waals surface area contributed by atoms with Crippen LogP contribution in [0.25, 0.3) is 0 Å². The molecular weight excluding hydrogens is 246 g/mol. The number of nitrogens with one attached hydrogen (secondary N) is 1. The van der Waals surface area contributed by atoms with Crippen LogP contribution in [0.5, 0.6) is 0 Å². The first-order valence-electron chi connectivity index (χ1n) is 8.20. The third-order valence-electron chi connectivity index (χ3n) is 4.67. The van der Waals surface area contributed by atoms with E-state index in [0.29, 0.717) is 0 Å². The predicted molar refractivity (Wildman–Crippen MR) is 88.1 cm³/mol. The van der Waals surface area contributed by atoms with Gasteiger partial charge in [0.15, 0.2) is 0 Å². The summed E-state index contributed by atoms with van der Waals surface area (Å²) in [5.41, 5.74) is 4.08. The molecule has 0 aliphatic carbocycles. The average Bonchev–Trinajstić information content (AvgIpc) is 2.56. The average molecular weight is 273 g/mol. The largest absolute Gasteiger partial charge is 0.386 e. The van der Waals surface area contributed by atoms with E-state index < -0.39 is 0 Å². The second-order valence-corrected chi connectivity index (χ2v) is 6.05. The summed E-state index contributed by atoms with van der Waals surface area (Å²) < 4.78 is 0. The number of anilines is 3. The molecule has 0 atom stereocenters. The fraction of sp³-hybridized carbons (Fsp3) is 0.647. The molecule has 3 heteroatoms. The van der Waals surface area contributed by atoms with Gasteiger partial charge in [-0.3, -0.25) is 0 Å². The lowest BCUT2D eigenvalue weighted by Gasteiger charge is -2.33. The molecule has 0 spiro atoms. The highest BCUT2D eigenvalue weighted by molar-refractivity contribution is 5.75. The third-order valence-corrected chi connectivity index (χ3v) is 4.67. The SMILES string of the molecule is CNc1ccc(N2CCCCC2)cc1N1CCCCC1. The molecule has 2 aliphatic heterocycles. The van der Waals surface area contributed by atoms with Crippen molar-refractivity contribution >= 4 is 17.1 Å². The van der Waals surface area contributed by atoms with Crippen molar-refractivity contribution in [3.63, 3.8) is 0 Å². The van der Waals surface area contributed by atoms with Crippen LogP contribution in [-0.2, 0) is 0 Å². The fourth-order valence-corrected chi connectivity index (χ4v) is 3.48. The van der Waals surface area contributed by atoms with Crippen molar-refractivity contribution in [1.29, 1.82) is 0 Å².